The molecule has 3 amide bonds. The summed E-state index contributed by atoms with van der Waals surface area (Å²) in [4.78, 5) is 24.9. The van der Waals surface area contributed by atoms with Crippen molar-refractivity contribution in [2.45, 2.75) is 18.9 Å². The number of urea groups is 1. The minimum atomic E-state index is -0.462. The van der Waals surface area contributed by atoms with Crippen molar-refractivity contribution in [3.63, 3.8) is 0 Å². The van der Waals surface area contributed by atoms with E-state index >= 15 is 0 Å². The molecule has 1 aromatic carbocycles. The van der Waals surface area contributed by atoms with Crippen molar-refractivity contribution in [1.82, 2.24) is 15.5 Å². The Bertz CT molecular complexity index is 492. The van der Waals surface area contributed by atoms with Crippen LogP contribution >= 0.6 is 0 Å². The van der Waals surface area contributed by atoms with Crippen molar-refractivity contribution in [3.8, 4) is 0 Å². The Hall–Kier alpha value is -2.08. The Labute approximate surface area is 124 Å². The molecule has 0 spiro atoms. The molecule has 1 aliphatic rings. The Morgan fingerprint density at radius 2 is 2.14 bits per heavy atom. The van der Waals surface area contributed by atoms with Gasteiger partial charge in [-0.25, -0.2) is 4.79 Å². The zero-order chi connectivity index (χ0) is 15.2. The van der Waals surface area contributed by atoms with Crippen molar-refractivity contribution < 1.29 is 9.59 Å². The smallest absolute Gasteiger partial charge is 0.317 e. The van der Waals surface area contributed by atoms with Gasteiger partial charge in [0.05, 0.1) is 0 Å². The third kappa shape index (κ3) is 4.19. The van der Waals surface area contributed by atoms with Gasteiger partial charge in [0.15, 0.2) is 0 Å². The predicted octanol–water partition coefficient (Wildman–Crippen LogP) is 0.259. The molecule has 0 aromatic heterocycles. The van der Waals surface area contributed by atoms with Crippen LogP contribution < -0.4 is 16.4 Å². The standard InChI is InChI=1S/C15H22N4O2/c1-11(12-5-3-2-4-6-12)9-18-15(21)19-8-7-17-13(10-19)14(16)20/h2-6,11,13,17H,7-10H2,1H3,(H2,16,20)(H,18,21). The summed E-state index contributed by atoms with van der Waals surface area (Å²) in [5.41, 5.74) is 6.46. The van der Waals surface area contributed by atoms with Gasteiger partial charge in [-0.15, -0.1) is 0 Å². The van der Waals surface area contributed by atoms with Crippen molar-refractivity contribution in [1.29, 1.82) is 0 Å². The van der Waals surface area contributed by atoms with Gasteiger partial charge >= 0.3 is 6.03 Å². The number of nitrogens with two attached hydrogens (primary N) is 1. The summed E-state index contributed by atoms with van der Waals surface area (Å²) in [6.07, 6.45) is 0. The van der Waals surface area contributed by atoms with E-state index in [0.717, 1.165) is 0 Å². The van der Waals surface area contributed by atoms with Crippen LogP contribution in [0.1, 0.15) is 18.4 Å². The second-order valence-electron chi connectivity index (χ2n) is 5.35. The molecule has 1 saturated heterocycles. The third-order valence-electron chi connectivity index (χ3n) is 3.73. The molecule has 2 rings (SSSR count). The van der Waals surface area contributed by atoms with Crippen LogP contribution in [-0.4, -0.2) is 49.1 Å². The summed E-state index contributed by atoms with van der Waals surface area (Å²) >= 11 is 0. The van der Waals surface area contributed by atoms with Gasteiger partial charge in [0.1, 0.15) is 6.04 Å². The molecule has 1 aliphatic heterocycles. The van der Waals surface area contributed by atoms with Crippen LogP contribution in [0.2, 0.25) is 0 Å². The van der Waals surface area contributed by atoms with Crippen LogP contribution in [0.4, 0.5) is 4.79 Å². The molecule has 0 radical (unpaired) electrons. The van der Waals surface area contributed by atoms with Gasteiger partial charge in [-0.3, -0.25) is 4.79 Å². The van der Waals surface area contributed by atoms with Gasteiger partial charge in [-0.1, -0.05) is 37.3 Å². The van der Waals surface area contributed by atoms with Gasteiger partial charge in [0.25, 0.3) is 0 Å². The number of nitrogens with one attached hydrogen (secondary N) is 2. The second kappa shape index (κ2) is 7.08. The van der Waals surface area contributed by atoms with Gasteiger partial charge in [-0.2, -0.15) is 0 Å². The van der Waals surface area contributed by atoms with E-state index in [4.69, 9.17) is 5.73 Å². The predicted molar refractivity (Wildman–Crippen MR) is 80.8 cm³/mol. The highest BCUT2D eigenvalue weighted by atomic mass is 16.2. The van der Waals surface area contributed by atoms with E-state index in [1.54, 1.807) is 4.90 Å². The highest BCUT2D eigenvalue weighted by molar-refractivity contribution is 5.82. The number of hydrogen-bond donors (Lipinski definition) is 3. The number of rotatable bonds is 4. The minimum Gasteiger partial charge on any atom is -0.368 e. The summed E-state index contributed by atoms with van der Waals surface area (Å²) in [5.74, 6) is -0.185. The van der Waals surface area contributed by atoms with Gasteiger partial charge in [0.2, 0.25) is 5.91 Å². The van der Waals surface area contributed by atoms with Gasteiger partial charge in [0, 0.05) is 26.2 Å². The molecule has 21 heavy (non-hydrogen) atoms. The van der Waals surface area contributed by atoms with E-state index in [-0.39, 0.29) is 11.9 Å². The maximum Gasteiger partial charge on any atom is 0.317 e. The molecule has 2 atom stereocenters. The number of carbonyl (C=O) groups excluding carboxylic acids is 2. The molecule has 114 valence electrons. The van der Waals surface area contributed by atoms with Crippen molar-refractivity contribution in [2.24, 2.45) is 5.73 Å². The summed E-state index contributed by atoms with van der Waals surface area (Å²) < 4.78 is 0. The highest BCUT2D eigenvalue weighted by Gasteiger charge is 2.26. The van der Waals surface area contributed by atoms with Crippen molar-refractivity contribution in [3.05, 3.63) is 35.9 Å². The Morgan fingerprint density at radius 3 is 2.81 bits per heavy atom. The van der Waals surface area contributed by atoms with E-state index in [1.165, 1.54) is 5.56 Å². The van der Waals surface area contributed by atoms with Crippen LogP contribution in [0.5, 0.6) is 0 Å². The molecule has 1 aromatic rings. The molecule has 6 nitrogen and oxygen atoms in total. The first-order chi connectivity index (χ1) is 10.1. The molecular weight excluding hydrogens is 268 g/mol. The lowest BCUT2D eigenvalue weighted by Gasteiger charge is -2.32. The molecular formula is C15H22N4O2. The number of benzene rings is 1. The first kappa shape index (κ1) is 15.3. The average Bonchev–Trinajstić information content (AvgIpc) is 2.53. The van der Waals surface area contributed by atoms with Crippen LogP contribution in [0.3, 0.4) is 0 Å². The van der Waals surface area contributed by atoms with Crippen LogP contribution in [-0.2, 0) is 4.79 Å². The first-order valence-electron chi connectivity index (χ1n) is 7.18. The Morgan fingerprint density at radius 1 is 1.43 bits per heavy atom. The fourth-order valence-corrected chi connectivity index (χ4v) is 2.38. The lowest BCUT2D eigenvalue weighted by molar-refractivity contribution is -0.120. The summed E-state index contributed by atoms with van der Waals surface area (Å²) in [7, 11) is 0. The SMILES string of the molecule is CC(CNC(=O)N1CCNC(C(N)=O)C1)c1ccccc1. The zero-order valence-corrected chi connectivity index (χ0v) is 12.2. The molecule has 6 heteroatoms. The average molecular weight is 290 g/mol. The summed E-state index contributed by atoms with van der Waals surface area (Å²) in [5, 5.41) is 5.92. The minimum absolute atomic E-state index is 0.148. The molecule has 4 N–H and O–H groups in total. The van der Waals surface area contributed by atoms with Crippen LogP contribution in [0.25, 0.3) is 0 Å². The van der Waals surface area contributed by atoms with E-state index in [0.29, 0.717) is 26.2 Å². The molecule has 1 fully saturated rings. The molecule has 1 heterocycles. The number of nitrogens with zero attached hydrogens (tertiary/aromatic N) is 1. The first-order valence-corrected chi connectivity index (χ1v) is 7.18. The van der Waals surface area contributed by atoms with E-state index in [1.807, 2.05) is 30.3 Å². The number of hydrogen-bond acceptors (Lipinski definition) is 3. The normalized spacial score (nSPS) is 19.9. The fourth-order valence-electron chi connectivity index (χ4n) is 2.38. The monoisotopic (exact) mass is 290 g/mol. The summed E-state index contributed by atoms with van der Waals surface area (Å²) in [6.45, 7) is 4.11. The quantitative estimate of drug-likeness (QED) is 0.743. The number of primary amides is 1. The second-order valence-corrected chi connectivity index (χ2v) is 5.35. The lowest BCUT2D eigenvalue weighted by Crippen LogP contribution is -2.59. The van der Waals surface area contributed by atoms with E-state index < -0.39 is 11.9 Å². The maximum atomic E-state index is 12.1. The lowest BCUT2D eigenvalue weighted by atomic mass is 10.0. The van der Waals surface area contributed by atoms with Crippen molar-refractivity contribution in [2.75, 3.05) is 26.2 Å². The largest absolute Gasteiger partial charge is 0.368 e. The van der Waals surface area contributed by atoms with E-state index in [2.05, 4.69) is 17.6 Å². The highest BCUT2D eigenvalue weighted by Crippen LogP contribution is 2.13. The number of amides is 3. The van der Waals surface area contributed by atoms with Gasteiger partial charge < -0.3 is 21.3 Å². The topological polar surface area (TPSA) is 87.5 Å². The third-order valence-corrected chi connectivity index (χ3v) is 3.73. The number of carbonyl (C=O) groups is 2. The summed E-state index contributed by atoms with van der Waals surface area (Å²) in [6, 6.07) is 9.43. The van der Waals surface area contributed by atoms with Crippen LogP contribution in [0, 0.1) is 0 Å². The van der Waals surface area contributed by atoms with Crippen LogP contribution in [0.15, 0.2) is 30.3 Å². The Balaban J connectivity index is 1.83. The molecule has 0 saturated carbocycles. The molecule has 0 aliphatic carbocycles. The Kier molecular flexibility index (Phi) is 5.16. The molecule has 0 bridgehead atoms. The van der Waals surface area contributed by atoms with E-state index in [9.17, 15) is 9.59 Å². The molecule has 2 unspecified atom stereocenters. The zero-order valence-electron chi connectivity index (χ0n) is 12.2. The van der Waals surface area contributed by atoms with Crippen molar-refractivity contribution >= 4 is 11.9 Å². The fraction of sp³-hybridized carbons (Fsp3) is 0.467. The number of piperazine rings is 1. The van der Waals surface area contributed by atoms with Gasteiger partial charge in [-0.05, 0) is 11.5 Å². The maximum absolute atomic E-state index is 12.1.